The molecule has 2 aromatic rings. The fourth-order valence-corrected chi connectivity index (χ4v) is 4.55. The van der Waals surface area contributed by atoms with Crippen molar-refractivity contribution in [3.05, 3.63) is 64.1 Å². The first-order valence-electron chi connectivity index (χ1n) is 10.4. The number of halogens is 1. The van der Waals surface area contributed by atoms with Gasteiger partial charge in [0.25, 0.3) is 0 Å². The summed E-state index contributed by atoms with van der Waals surface area (Å²) in [6.45, 7) is 3.59. The predicted molar refractivity (Wildman–Crippen MR) is 131 cm³/mol. The Labute approximate surface area is 199 Å². The normalized spacial score (nSPS) is 12.2. The fraction of sp³-hybridized carbons (Fsp3) is 0.391. The quantitative estimate of drug-likeness (QED) is 0.518. The van der Waals surface area contributed by atoms with E-state index in [4.69, 9.17) is 0 Å². The third kappa shape index (κ3) is 6.80. The number of benzene rings is 2. The van der Waals surface area contributed by atoms with Gasteiger partial charge >= 0.3 is 0 Å². The van der Waals surface area contributed by atoms with Crippen molar-refractivity contribution in [2.45, 2.75) is 32.7 Å². The van der Waals surface area contributed by atoms with E-state index in [0.717, 1.165) is 26.2 Å². The maximum absolute atomic E-state index is 13.4. The van der Waals surface area contributed by atoms with Crippen molar-refractivity contribution >= 4 is 43.5 Å². The van der Waals surface area contributed by atoms with E-state index in [2.05, 4.69) is 21.2 Å². The molecule has 0 aliphatic heterocycles. The zero-order valence-corrected chi connectivity index (χ0v) is 21.2. The smallest absolute Gasteiger partial charge is 0.244 e. The summed E-state index contributed by atoms with van der Waals surface area (Å²) in [5.41, 5.74) is 2.28. The summed E-state index contributed by atoms with van der Waals surface area (Å²) in [6, 6.07) is 14.1. The molecule has 0 aliphatic carbocycles. The number of likely N-dealkylation sites (N-methyl/N-ethyl adjacent to an activating group) is 1. The first-order valence-corrected chi connectivity index (χ1v) is 13.0. The molecule has 0 bridgehead atoms. The van der Waals surface area contributed by atoms with Crippen LogP contribution in [-0.2, 0) is 26.0 Å². The van der Waals surface area contributed by atoms with Crippen LogP contribution < -0.4 is 9.62 Å². The van der Waals surface area contributed by atoms with Gasteiger partial charge in [-0.05, 0) is 49.1 Å². The zero-order chi connectivity index (χ0) is 23.9. The molecule has 32 heavy (non-hydrogen) atoms. The monoisotopic (exact) mass is 523 g/mol. The summed E-state index contributed by atoms with van der Waals surface area (Å²) >= 11 is 3.41. The molecule has 0 aromatic heterocycles. The number of aryl methyl sites for hydroxylation is 1. The Hall–Kier alpha value is -2.39. The molecule has 0 unspecified atom stereocenters. The Balaban J connectivity index is 2.36. The van der Waals surface area contributed by atoms with E-state index in [1.807, 2.05) is 44.2 Å². The third-order valence-electron chi connectivity index (χ3n) is 5.23. The Bertz CT molecular complexity index is 1040. The van der Waals surface area contributed by atoms with Gasteiger partial charge in [-0.2, -0.15) is 0 Å². The molecule has 0 spiro atoms. The number of hydrogen-bond acceptors (Lipinski definition) is 4. The van der Waals surface area contributed by atoms with Gasteiger partial charge in [-0.3, -0.25) is 13.9 Å². The number of hydrogen-bond donors (Lipinski definition) is 1. The molecule has 7 nitrogen and oxygen atoms in total. The largest absolute Gasteiger partial charge is 0.357 e. The Kier molecular flexibility index (Phi) is 9.27. The van der Waals surface area contributed by atoms with Gasteiger partial charge in [0, 0.05) is 18.1 Å². The summed E-state index contributed by atoms with van der Waals surface area (Å²) in [6.07, 6.45) is 2.04. The van der Waals surface area contributed by atoms with Crippen molar-refractivity contribution < 1.29 is 18.0 Å². The van der Waals surface area contributed by atoms with Crippen molar-refractivity contribution in [2.75, 3.05) is 30.7 Å². The maximum atomic E-state index is 13.4. The van der Waals surface area contributed by atoms with E-state index in [-0.39, 0.29) is 12.5 Å². The first-order chi connectivity index (χ1) is 15.1. The average Bonchev–Trinajstić information content (AvgIpc) is 2.76. The van der Waals surface area contributed by atoms with E-state index in [1.54, 1.807) is 18.2 Å². The van der Waals surface area contributed by atoms with Crippen molar-refractivity contribution in [3.8, 4) is 0 Å². The summed E-state index contributed by atoms with van der Waals surface area (Å²) in [7, 11) is -2.21. The number of amides is 2. The molecule has 2 aromatic carbocycles. The second kappa shape index (κ2) is 11.5. The van der Waals surface area contributed by atoms with Crippen LogP contribution in [0.25, 0.3) is 0 Å². The number of nitrogens with zero attached hydrogens (tertiary/aromatic N) is 2. The molecule has 0 radical (unpaired) electrons. The minimum Gasteiger partial charge on any atom is -0.357 e. The number of anilines is 1. The van der Waals surface area contributed by atoms with Gasteiger partial charge < -0.3 is 10.2 Å². The lowest BCUT2D eigenvalue weighted by Crippen LogP contribution is -2.52. The molecule has 0 saturated carbocycles. The van der Waals surface area contributed by atoms with Crippen molar-refractivity contribution in [1.29, 1.82) is 0 Å². The van der Waals surface area contributed by atoms with Gasteiger partial charge in [0.15, 0.2) is 0 Å². The minimum atomic E-state index is -3.73. The average molecular weight is 524 g/mol. The molecule has 1 N–H and O–H groups in total. The van der Waals surface area contributed by atoms with E-state index in [0.29, 0.717) is 25.1 Å². The second-order valence-corrected chi connectivity index (χ2v) is 10.3. The summed E-state index contributed by atoms with van der Waals surface area (Å²) < 4.78 is 27.0. The van der Waals surface area contributed by atoms with Crippen LogP contribution >= 0.6 is 15.9 Å². The highest BCUT2D eigenvalue weighted by Gasteiger charge is 2.31. The maximum Gasteiger partial charge on any atom is 0.244 e. The molecular weight excluding hydrogens is 494 g/mol. The standard InChI is InChI=1S/C23H30BrN3O4S/c1-5-21(23(29)25-3)26(14-13-18-9-7-6-8-10-18)22(28)16-27(32(4,30)31)19-11-12-20(24)17(2)15-19/h6-12,15,21H,5,13-14,16H2,1-4H3,(H,25,29)/t21-/m0/s1. The zero-order valence-electron chi connectivity index (χ0n) is 18.8. The van der Waals surface area contributed by atoms with Crippen LogP contribution in [0.5, 0.6) is 0 Å². The molecule has 0 saturated heterocycles. The Morgan fingerprint density at radius 2 is 1.78 bits per heavy atom. The van der Waals surface area contributed by atoms with Crippen LogP contribution in [0.3, 0.4) is 0 Å². The molecule has 2 amide bonds. The third-order valence-corrected chi connectivity index (χ3v) is 7.26. The van der Waals surface area contributed by atoms with E-state index in [1.165, 1.54) is 11.9 Å². The number of nitrogens with one attached hydrogen (secondary N) is 1. The number of sulfonamides is 1. The van der Waals surface area contributed by atoms with Gasteiger partial charge in [0.1, 0.15) is 12.6 Å². The van der Waals surface area contributed by atoms with E-state index < -0.39 is 22.0 Å². The highest BCUT2D eigenvalue weighted by atomic mass is 79.9. The summed E-state index contributed by atoms with van der Waals surface area (Å²) in [4.78, 5) is 27.4. The Morgan fingerprint density at radius 1 is 1.12 bits per heavy atom. The molecule has 0 aliphatic rings. The molecule has 2 rings (SSSR count). The molecule has 174 valence electrons. The van der Waals surface area contributed by atoms with Crippen LogP contribution in [-0.4, -0.2) is 57.6 Å². The van der Waals surface area contributed by atoms with Crippen LogP contribution in [0.15, 0.2) is 53.0 Å². The van der Waals surface area contributed by atoms with Crippen LogP contribution in [0.2, 0.25) is 0 Å². The topological polar surface area (TPSA) is 86.8 Å². The minimum absolute atomic E-state index is 0.278. The van der Waals surface area contributed by atoms with Crippen molar-refractivity contribution in [1.82, 2.24) is 10.2 Å². The lowest BCUT2D eigenvalue weighted by Gasteiger charge is -2.32. The highest BCUT2D eigenvalue weighted by molar-refractivity contribution is 9.10. The van der Waals surface area contributed by atoms with Gasteiger partial charge in [-0.1, -0.05) is 53.2 Å². The SMILES string of the molecule is CC[C@@H](C(=O)NC)N(CCc1ccccc1)C(=O)CN(c1ccc(Br)c(C)c1)S(C)(=O)=O. The van der Waals surface area contributed by atoms with Crippen LogP contribution in [0, 0.1) is 6.92 Å². The van der Waals surface area contributed by atoms with Crippen molar-refractivity contribution in [2.24, 2.45) is 0 Å². The van der Waals surface area contributed by atoms with Gasteiger partial charge in [-0.15, -0.1) is 0 Å². The van der Waals surface area contributed by atoms with Gasteiger partial charge in [-0.25, -0.2) is 8.42 Å². The predicted octanol–water partition coefficient (Wildman–Crippen LogP) is 3.12. The van der Waals surface area contributed by atoms with Crippen LogP contribution in [0.4, 0.5) is 5.69 Å². The lowest BCUT2D eigenvalue weighted by molar-refractivity contribution is -0.139. The number of carbonyl (C=O) groups excluding carboxylic acids is 2. The second-order valence-electron chi connectivity index (χ2n) is 7.56. The number of carbonyl (C=O) groups is 2. The Morgan fingerprint density at radius 3 is 2.31 bits per heavy atom. The molecule has 9 heteroatoms. The van der Waals surface area contributed by atoms with E-state index >= 15 is 0 Å². The lowest BCUT2D eigenvalue weighted by atomic mass is 10.1. The fourth-order valence-electron chi connectivity index (χ4n) is 3.46. The summed E-state index contributed by atoms with van der Waals surface area (Å²) in [5.74, 6) is -0.707. The highest BCUT2D eigenvalue weighted by Crippen LogP contribution is 2.25. The summed E-state index contributed by atoms with van der Waals surface area (Å²) in [5, 5.41) is 2.61. The molecule has 0 fully saturated rings. The molecule has 1 atom stereocenters. The van der Waals surface area contributed by atoms with E-state index in [9.17, 15) is 18.0 Å². The first kappa shape index (κ1) is 25.9. The van der Waals surface area contributed by atoms with Gasteiger partial charge in [0.2, 0.25) is 21.8 Å². The van der Waals surface area contributed by atoms with Crippen LogP contribution in [0.1, 0.15) is 24.5 Å². The van der Waals surface area contributed by atoms with Gasteiger partial charge in [0.05, 0.1) is 11.9 Å². The molecule has 0 heterocycles. The molecular formula is C23H30BrN3O4S. The number of rotatable bonds is 10. The van der Waals surface area contributed by atoms with Crippen molar-refractivity contribution in [3.63, 3.8) is 0 Å².